The monoisotopic (exact) mass is 412 g/mol. The van der Waals surface area contributed by atoms with Gasteiger partial charge < -0.3 is 24.6 Å². The highest BCUT2D eigenvalue weighted by Crippen LogP contribution is 2.26. The lowest BCUT2D eigenvalue weighted by Crippen LogP contribution is -2.41. The molecule has 2 heterocycles. The number of benzene rings is 1. The van der Waals surface area contributed by atoms with Crippen molar-refractivity contribution in [2.75, 3.05) is 51.6 Å². The second kappa shape index (κ2) is 9.47. The van der Waals surface area contributed by atoms with Crippen LogP contribution in [0.2, 0.25) is 0 Å². The molecule has 1 saturated heterocycles. The van der Waals surface area contributed by atoms with Crippen LogP contribution in [0.15, 0.2) is 36.5 Å². The van der Waals surface area contributed by atoms with E-state index in [9.17, 15) is 9.59 Å². The average molecular weight is 412 g/mol. The SMILES string of the molecule is COc1cc(OC)cc(C(=O)N2CCC(C(=O)Nc3ccc(N(C)C)nc3)CC2)c1. The zero-order chi connectivity index (χ0) is 21.7. The summed E-state index contributed by atoms with van der Waals surface area (Å²) in [5.74, 6) is 1.71. The molecule has 0 radical (unpaired) electrons. The van der Waals surface area contributed by atoms with Crippen molar-refractivity contribution >= 4 is 23.3 Å². The summed E-state index contributed by atoms with van der Waals surface area (Å²) in [6.07, 6.45) is 2.88. The van der Waals surface area contributed by atoms with Gasteiger partial charge in [-0.3, -0.25) is 9.59 Å². The molecule has 0 spiro atoms. The van der Waals surface area contributed by atoms with Crippen LogP contribution in [0.25, 0.3) is 0 Å². The van der Waals surface area contributed by atoms with E-state index in [2.05, 4.69) is 10.3 Å². The first kappa shape index (κ1) is 21.4. The molecule has 8 heteroatoms. The lowest BCUT2D eigenvalue weighted by molar-refractivity contribution is -0.121. The number of rotatable bonds is 6. The summed E-state index contributed by atoms with van der Waals surface area (Å²) in [5, 5.41) is 2.93. The fourth-order valence-electron chi connectivity index (χ4n) is 3.43. The van der Waals surface area contributed by atoms with Crippen LogP contribution in [0.5, 0.6) is 11.5 Å². The molecule has 8 nitrogen and oxygen atoms in total. The minimum atomic E-state index is -0.137. The van der Waals surface area contributed by atoms with E-state index >= 15 is 0 Å². The first-order chi connectivity index (χ1) is 14.4. The smallest absolute Gasteiger partial charge is 0.254 e. The van der Waals surface area contributed by atoms with E-state index in [1.807, 2.05) is 31.1 Å². The molecule has 1 aliphatic rings. The predicted molar refractivity (Wildman–Crippen MR) is 115 cm³/mol. The van der Waals surface area contributed by atoms with E-state index in [0.29, 0.717) is 48.7 Å². The fourth-order valence-corrected chi connectivity index (χ4v) is 3.43. The molecule has 0 aliphatic carbocycles. The third kappa shape index (κ3) is 5.00. The molecule has 0 saturated carbocycles. The largest absolute Gasteiger partial charge is 0.497 e. The molecule has 2 aromatic rings. The van der Waals surface area contributed by atoms with Crippen molar-refractivity contribution in [2.24, 2.45) is 5.92 Å². The van der Waals surface area contributed by atoms with Gasteiger partial charge >= 0.3 is 0 Å². The van der Waals surface area contributed by atoms with Crippen molar-refractivity contribution in [3.63, 3.8) is 0 Å². The van der Waals surface area contributed by atoms with Gasteiger partial charge in [0.15, 0.2) is 0 Å². The highest BCUT2D eigenvalue weighted by molar-refractivity contribution is 5.96. The summed E-state index contributed by atoms with van der Waals surface area (Å²) in [5.41, 5.74) is 1.19. The van der Waals surface area contributed by atoms with Crippen molar-refractivity contribution < 1.29 is 19.1 Å². The van der Waals surface area contributed by atoms with Crippen LogP contribution in [0.4, 0.5) is 11.5 Å². The number of carbonyl (C=O) groups is 2. The number of methoxy groups -OCH3 is 2. The van der Waals surface area contributed by atoms with Gasteiger partial charge in [0.2, 0.25) is 5.91 Å². The quantitative estimate of drug-likeness (QED) is 0.785. The molecule has 1 aromatic carbocycles. The number of nitrogens with zero attached hydrogens (tertiary/aromatic N) is 3. The van der Waals surface area contributed by atoms with Crippen molar-refractivity contribution in [2.45, 2.75) is 12.8 Å². The first-order valence-corrected chi connectivity index (χ1v) is 9.88. The van der Waals surface area contributed by atoms with E-state index in [4.69, 9.17) is 9.47 Å². The van der Waals surface area contributed by atoms with Crippen LogP contribution >= 0.6 is 0 Å². The number of likely N-dealkylation sites (tertiary alicyclic amines) is 1. The molecule has 0 atom stereocenters. The van der Waals surface area contributed by atoms with E-state index in [0.717, 1.165) is 5.82 Å². The Kier molecular flexibility index (Phi) is 6.76. The van der Waals surface area contributed by atoms with E-state index in [1.165, 1.54) is 0 Å². The molecule has 2 amide bonds. The molecule has 30 heavy (non-hydrogen) atoms. The van der Waals surface area contributed by atoms with E-state index in [1.54, 1.807) is 43.5 Å². The van der Waals surface area contributed by atoms with Crippen molar-refractivity contribution in [3.8, 4) is 11.5 Å². The number of pyridine rings is 1. The van der Waals surface area contributed by atoms with Crippen molar-refractivity contribution in [3.05, 3.63) is 42.1 Å². The lowest BCUT2D eigenvalue weighted by atomic mass is 9.95. The number of ether oxygens (including phenoxy) is 2. The van der Waals surface area contributed by atoms with Crippen LogP contribution in [0, 0.1) is 5.92 Å². The topological polar surface area (TPSA) is 84.0 Å². The minimum Gasteiger partial charge on any atom is -0.497 e. The van der Waals surface area contributed by atoms with Gasteiger partial charge in [-0.25, -0.2) is 4.98 Å². The van der Waals surface area contributed by atoms with Crippen LogP contribution in [0.1, 0.15) is 23.2 Å². The Bertz CT molecular complexity index is 868. The molecule has 1 fully saturated rings. The zero-order valence-corrected chi connectivity index (χ0v) is 17.8. The van der Waals surface area contributed by atoms with Crippen LogP contribution < -0.4 is 19.7 Å². The van der Waals surface area contributed by atoms with E-state index < -0.39 is 0 Å². The van der Waals surface area contributed by atoms with Gasteiger partial charge in [-0.05, 0) is 37.1 Å². The number of hydrogen-bond acceptors (Lipinski definition) is 6. The number of carbonyl (C=O) groups excluding carboxylic acids is 2. The number of nitrogens with one attached hydrogen (secondary N) is 1. The lowest BCUT2D eigenvalue weighted by Gasteiger charge is -2.31. The maximum absolute atomic E-state index is 12.9. The highest BCUT2D eigenvalue weighted by atomic mass is 16.5. The summed E-state index contributed by atoms with van der Waals surface area (Å²) in [4.78, 5) is 33.5. The fraction of sp³-hybridized carbons (Fsp3) is 0.409. The number of hydrogen-bond donors (Lipinski definition) is 1. The minimum absolute atomic E-state index is 0.0375. The Labute approximate surface area is 176 Å². The maximum atomic E-state index is 12.9. The molecule has 0 unspecified atom stereocenters. The second-order valence-corrected chi connectivity index (χ2v) is 7.46. The van der Waals surface area contributed by atoms with Gasteiger partial charge in [0, 0.05) is 44.7 Å². The van der Waals surface area contributed by atoms with Gasteiger partial charge in [-0.1, -0.05) is 0 Å². The summed E-state index contributed by atoms with van der Waals surface area (Å²) in [6.45, 7) is 1.04. The van der Waals surface area contributed by atoms with Crippen molar-refractivity contribution in [1.82, 2.24) is 9.88 Å². The maximum Gasteiger partial charge on any atom is 0.254 e. The molecule has 1 aliphatic heterocycles. The summed E-state index contributed by atoms with van der Waals surface area (Å²) in [6, 6.07) is 8.84. The van der Waals surface area contributed by atoms with Crippen LogP contribution in [-0.2, 0) is 4.79 Å². The van der Waals surface area contributed by atoms with Crippen molar-refractivity contribution in [1.29, 1.82) is 0 Å². The van der Waals surface area contributed by atoms with Gasteiger partial charge in [0.25, 0.3) is 5.91 Å². The predicted octanol–water partition coefficient (Wildman–Crippen LogP) is 2.66. The third-order valence-corrected chi connectivity index (χ3v) is 5.22. The Morgan fingerprint density at radius 2 is 1.70 bits per heavy atom. The first-order valence-electron chi connectivity index (χ1n) is 9.88. The molecule has 160 valence electrons. The third-order valence-electron chi connectivity index (χ3n) is 5.22. The standard InChI is InChI=1S/C22H28N4O4/c1-25(2)20-6-5-17(14-23-20)24-21(27)15-7-9-26(10-8-15)22(28)16-11-18(29-3)13-19(12-16)30-4/h5-6,11-15H,7-10H2,1-4H3,(H,24,27). The number of aromatic nitrogens is 1. The number of anilines is 2. The van der Waals surface area contributed by atoms with E-state index in [-0.39, 0.29) is 17.7 Å². The number of amides is 2. The summed E-state index contributed by atoms with van der Waals surface area (Å²) < 4.78 is 10.5. The molecule has 0 bridgehead atoms. The molecule has 1 N–H and O–H groups in total. The molecule has 3 rings (SSSR count). The molecular weight excluding hydrogens is 384 g/mol. The second-order valence-electron chi connectivity index (χ2n) is 7.46. The Hall–Kier alpha value is -3.29. The molecule has 1 aromatic heterocycles. The molecular formula is C22H28N4O4. The van der Waals surface area contributed by atoms with Gasteiger partial charge in [0.05, 0.1) is 26.1 Å². The Morgan fingerprint density at radius 1 is 1.07 bits per heavy atom. The average Bonchev–Trinajstić information content (AvgIpc) is 2.78. The Balaban J connectivity index is 1.57. The highest BCUT2D eigenvalue weighted by Gasteiger charge is 2.28. The van der Waals surface area contributed by atoms with Gasteiger partial charge in [-0.2, -0.15) is 0 Å². The summed E-state index contributed by atoms with van der Waals surface area (Å²) in [7, 11) is 6.93. The Morgan fingerprint density at radius 3 is 2.20 bits per heavy atom. The van der Waals surface area contributed by atoms with Gasteiger partial charge in [0.1, 0.15) is 17.3 Å². The summed E-state index contributed by atoms with van der Waals surface area (Å²) >= 11 is 0. The van der Waals surface area contributed by atoms with Gasteiger partial charge in [-0.15, -0.1) is 0 Å². The van der Waals surface area contributed by atoms with Crippen LogP contribution in [-0.4, -0.2) is 63.1 Å². The van der Waals surface area contributed by atoms with Crippen LogP contribution in [0.3, 0.4) is 0 Å². The zero-order valence-electron chi connectivity index (χ0n) is 17.8. The number of piperidine rings is 1. The normalized spacial score (nSPS) is 14.2.